The van der Waals surface area contributed by atoms with Gasteiger partial charge in [0.2, 0.25) is 0 Å². The highest BCUT2D eigenvalue weighted by molar-refractivity contribution is 7.11. The Morgan fingerprint density at radius 3 is 2.65 bits per heavy atom. The molecule has 0 aliphatic rings. The van der Waals surface area contributed by atoms with Crippen molar-refractivity contribution in [1.82, 2.24) is 4.98 Å². The van der Waals surface area contributed by atoms with Gasteiger partial charge in [-0.1, -0.05) is 35.9 Å². The zero-order chi connectivity index (χ0) is 18.5. The number of para-hydroxylation sites is 1. The molecule has 0 aliphatic heterocycles. The van der Waals surface area contributed by atoms with Crippen molar-refractivity contribution in [2.45, 2.75) is 0 Å². The van der Waals surface area contributed by atoms with Crippen LogP contribution in [0.15, 0.2) is 60.1 Å². The van der Waals surface area contributed by atoms with Crippen LogP contribution < -0.4 is 11.1 Å². The van der Waals surface area contributed by atoms with Crippen LogP contribution in [0.25, 0.3) is 16.8 Å². The second kappa shape index (κ2) is 7.83. The van der Waals surface area contributed by atoms with Crippen LogP contribution in [-0.4, -0.2) is 10.9 Å². The molecular formula is C19H13ClN4OS. The molecule has 1 heterocycles. The lowest BCUT2D eigenvalue weighted by molar-refractivity contribution is 0.100. The number of nitrogens with one attached hydrogen (secondary N) is 1. The predicted octanol–water partition coefficient (Wildman–Crippen LogP) is 4.54. The molecule has 2 aromatic carbocycles. The van der Waals surface area contributed by atoms with Crippen LogP contribution in [0.2, 0.25) is 5.02 Å². The lowest BCUT2D eigenvalue weighted by Crippen LogP contribution is -2.13. The van der Waals surface area contributed by atoms with Gasteiger partial charge in [0, 0.05) is 22.2 Å². The number of hydrogen-bond donors (Lipinski definition) is 2. The molecule has 26 heavy (non-hydrogen) atoms. The minimum atomic E-state index is -0.542. The number of primary amides is 1. The molecule has 1 amide bonds. The Kier molecular flexibility index (Phi) is 5.32. The van der Waals surface area contributed by atoms with E-state index < -0.39 is 5.91 Å². The first kappa shape index (κ1) is 17.7. The van der Waals surface area contributed by atoms with Crippen molar-refractivity contribution >= 4 is 40.1 Å². The van der Waals surface area contributed by atoms with E-state index in [2.05, 4.69) is 16.4 Å². The molecule has 3 N–H and O–H groups in total. The van der Waals surface area contributed by atoms with Crippen LogP contribution in [0.3, 0.4) is 0 Å². The fraction of sp³-hybridized carbons (Fsp3) is 0. The molecule has 128 valence electrons. The van der Waals surface area contributed by atoms with E-state index in [4.69, 9.17) is 17.3 Å². The van der Waals surface area contributed by atoms with Gasteiger partial charge < -0.3 is 11.1 Å². The molecule has 0 radical (unpaired) electrons. The highest BCUT2D eigenvalue weighted by atomic mass is 35.5. The number of nitrogens with two attached hydrogens (primary N) is 1. The largest absolute Gasteiger partial charge is 0.366 e. The van der Waals surface area contributed by atoms with E-state index in [1.165, 1.54) is 17.5 Å². The van der Waals surface area contributed by atoms with E-state index in [0.29, 0.717) is 26.9 Å². The van der Waals surface area contributed by atoms with Crippen molar-refractivity contribution in [1.29, 1.82) is 5.26 Å². The van der Waals surface area contributed by atoms with Crippen LogP contribution in [0.5, 0.6) is 0 Å². The highest BCUT2D eigenvalue weighted by Gasteiger charge is 2.10. The first-order valence-electron chi connectivity index (χ1n) is 7.56. The third-order valence-corrected chi connectivity index (χ3v) is 4.69. The summed E-state index contributed by atoms with van der Waals surface area (Å²) in [7, 11) is 0. The SMILES string of the molecule is N#C/C(=C\Nc1ccccc1C(N)=O)c1nc(-c2ccc(Cl)cc2)cs1. The van der Waals surface area contributed by atoms with Crippen LogP contribution in [0, 0.1) is 11.3 Å². The van der Waals surface area contributed by atoms with Crippen LogP contribution in [-0.2, 0) is 0 Å². The van der Waals surface area contributed by atoms with Crippen LogP contribution >= 0.6 is 22.9 Å². The zero-order valence-electron chi connectivity index (χ0n) is 13.4. The van der Waals surface area contributed by atoms with E-state index >= 15 is 0 Å². The summed E-state index contributed by atoms with van der Waals surface area (Å²) in [5.74, 6) is -0.542. The van der Waals surface area contributed by atoms with Crippen LogP contribution in [0.1, 0.15) is 15.4 Å². The Labute approximate surface area is 159 Å². The summed E-state index contributed by atoms with van der Waals surface area (Å²) in [6.45, 7) is 0. The summed E-state index contributed by atoms with van der Waals surface area (Å²) in [6, 6.07) is 16.3. The number of aromatic nitrogens is 1. The summed E-state index contributed by atoms with van der Waals surface area (Å²) in [4.78, 5) is 16.0. The Morgan fingerprint density at radius 2 is 1.96 bits per heavy atom. The molecule has 1 aromatic heterocycles. The lowest BCUT2D eigenvalue weighted by atomic mass is 10.1. The minimum absolute atomic E-state index is 0.349. The number of hydrogen-bond acceptors (Lipinski definition) is 5. The smallest absolute Gasteiger partial charge is 0.250 e. The van der Waals surface area contributed by atoms with Gasteiger partial charge in [0.15, 0.2) is 0 Å². The van der Waals surface area contributed by atoms with E-state index in [1.807, 2.05) is 17.5 Å². The molecule has 0 bridgehead atoms. The molecule has 0 aliphatic carbocycles. The predicted molar refractivity (Wildman–Crippen MR) is 105 cm³/mol. The Morgan fingerprint density at radius 1 is 1.23 bits per heavy atom. The van der Waals surface area contributed by atoms with Crippen molar-refractivity contribution < 1.29 is 4.79 Å². The van der Waals surface area contributed by atoms with E-state index in [-0.39, 0.29) is 0 Å². The molecule has 0 saturated heterocycles. The average Bonchev–Trinajstić information content (AvgIpc) is 3.13. The summed E-state index contributed by atoms with van der Waals surface area (Å²) in [6.07, 6.45) is 1.52. The maximum Gasteiger partial charge on any atom is 0.250 e. The van der Waals surface area contributed by atoms with Gasteiger partial charge in [-0.25, -0.2) is 4.98 Å². The van der Waals surface area contributed by atoms with Gasteiger partial charge >= 0.3 is 0 Å². The highest BCUT2D eigenvalue weighted by Crippen LogP contribution is 2.27. The molecule has 0 atom stereocenters. The monoisotopic (exact) mass is 380 g/mol. The van der Waals surface area contributed by atoms with Gasteiger partial charge in [0.25, 0.3) is 5.91 Å². The Hall–Kier alpha value is -3.14. The number of anilines is 1. The van der Waals surface area contributed by atoms with Crippen molar-refractivity contribution in [2.24, 2.45) is 5.73 Å². The fourth-order valence-corrected chi connectivity index (χ4v) is 3.19. The number of halogens is 1. The zero-order valence-corrected chi connectivity index (χ0v) is 15.0. The van der Waals surface area contributed by atoms with Gasteiger partial charge in [-0.2, -0.15) is 5.26 Å². The first-order valence-corrected chi connectivity index (χ1v) is 8.81. The number of rotatable bonds is 5. The van der Waals surface area contributed by atoms with E-state index in [1.54, 1.807) is 36.4 Å². The molecule has 0 saturated carbocycles. The molecular weight excluding hydrogens is 368 g/mol. The van der Waals surface area contributed by atoms with E-state index in [9.17, 15) is 10.1 Å². The molecule has 0 spiro atoms. The van der Waals surface area contributed by atoms with Gasteiger partial charge in [-0.3, -0.25) is 4.79 Å². The molecule has 5 nitrogen and oxygen atoms in total. The van der Waals surface area contributed by atoms with Crippen molar-refractivity contribution in [3.05, 3.63) is 75.7 Å². The lowest BCUT2D eigenvalue weighted by Gasteiger charge is -2.06. The number of thiazole rings is 1. The third-order valence-electron chi connectivity index (χ3n) is 3.56. The summed E-state index contributed by atoms with van der Waals surface area (Å²) in [5, 5.41) is 15.5. The summed E-state index contributed by atoms with van der Waals surface area (Å²) >= 11 is 7.26. The van der Waals surface area contributed by atoms with Crippen molar-refractivity contribution in [3.8, 4) is 17.3 Å². The molecule has 7 heteroatoms. The fourth-order valence-electron chi connectivity index (χ4n) is 2.27. The van der Waals surface area contributed by atoms with Crippen molar-refractivity contribution in [3.63, 3.8) is 0 Å². The van der Waals surface area contributed by atoms with Gasteiger partial charge in [-0.15, -0.1) is 11.3 Å². The molecule has 3 aromatic rings. The van der Waals surface area contributed by atoms with E-state index in [0.717, 1.165) is 11.3 Å². The maximum atomic E-state index is 11.5. The molecule has 3 rings (SSSR count). The van der Waals surface area contributed by atoms with Crippen molar-refractivity contribution in [2.75, 3.05) is 5.32 Å². The van der Waals surface area contributed by atoms with Crippen LogP contribution in [0.4, 0.5) is 5.69 Å². The number of nitrogens with zero attached hydrogens (tertiary/aromatic N) is 2. The average molecular weight is 381 g/mol. The molecule has 0 unspecified atom stereocenters. The number of nitriles is 1. The van der Waals surface area contributed by atoms with Gasteiger partial charge in [-0.05, 0) is 24.3 Å². The normalized spacial score (nSPS) is 11.0. The second-order valence-electron chi connectivity index (χ2n) is 5.27. The quantitative estimate of drug-likeness (QED) is 0.635. The Bertz CT molecular complexity index is 1020. The number of carbonyl (C=O) groups is 1. The third kappa shape index (κ3) is 3.91. The topological polar surface area (TPSA) is 91.8 Å². The standard InChI is InChI=1S/C19H13ClN4OS/c20-14-7-5-12(6-8-14)17-11-26-19(24-17)13(9-21)10-23-16-4-2-1-3-15(16)18(22)25/h1-8,10-11,23H,(H2,22,25)/b13-10+. The minimum Gasteiger partial charge on any atom is -0.366 e. The summed E-state index contributed by atoms with van der Waals surface area (Å²) in [5.41, 5.74) is 8.28. The summed E-state index contributed by atoms with van der Waals surface area (Å²) < 4.78 is 0. The maximum absolute atomic E-state index is 11.5. The molecule has 0 fully saturated rings. The van der Waals surface area contributed by atoms with Gasteiger partial charge in [0.1, 0.15) is 16.6 Å². The first-order chi connectivity index (χ1) is 12.6. The second-order valence-corrected chi connectivity index (χ2v) is 6.56. The number of allylic oxidation sites excluding steroid dienone is 1. The number of carbonyl (C=O) groups excluding carboxylic acids is 1. The number of benzene rings is 2. The van der Waals surface area contributed by atoms with Gasteiger partial charge in [0.05, 0.1) is 16.9 Å². The Balaban J connectivity index is 1.86. The number of amides is 1.